The van der Waals surface area contributed by atoms with Crippen LogP contribution in [0.25, 0.3) is 0 Å². The number of nitrogens with two attached hydrogens (primary N) is 1. The van der Waals surface area contributed by atoms with Crippen LogP contribution in [0.2, 0.25) is 0 Å². The van der Waals surface area contributed by atoms with Crippen molar-refractivity contribution >= 4 is 11.6 Å². The maximum atomic E-state index is 9.46. The van der Waals surface area contributed by atoms with Gasteiger partial charge in [0.15, 0.2) is 5.82 Å². The Balaban J connectivity index is 2.19. The summed E-state index contributed by atoms with van der Waals surface area (Å²) in [6.07, 6.45) is 3.25. The predicted molar refractivity (Wildman–Crippen MR) is 73.8 cm³/mol. The summed E-state index contributed by atoms with van der Waals surface area (Å²) in [4.78, 5) is 10.8. The highest BCUT2D eigenvalue weighted by Crippen LogP contribution is 2.24. The molecule has 1 aromatic heterocycles. The van der Waals surface area contributed by atoms with Crippen LogP contribution in [0.3, 0.4) is 0 Å². The molecule has 1 atom stereocenters. The van der Waals surface area contributed by atoms with Gasteiger partial charge in [0.2, 0.25) is 0 Å². The molecule has 1 aliphatic rings. The summed E-state index contributed by atoms with van der Waals surface area (Å²) in [6, 6.07) is 1.90. The zero-order chi connectivity index (χ0) is 13.7. The van der Waals surface area contributed by atoms with E-state index < -0.39 is 0 Å². The second kappa shape index (κ2) is 6.68. The summed E-state index contributed by atoms with van der Waals surface area (Å²) in [5.74, 6) is 1.84. The summed E-state index contributed by atoms with van der Waals surface area (Å²) in [5.41, 5.74) is 5.83. The average Bonchev–Trinajstić information content (AvgIpc) is 2.44. The second-order valence-electron chi connectivity index (χ2n) is 4.73. The largest absolute Gasteiger partial charge is 0.394 e. The third-order valence-corrected chi connectivity index (χ3v) is 3.35. The van der Waals surface area contributed by atoms with Crippen molar-refractivity contribution in [2.45, 2.75) is 38.8 Å². The standard InChI is InChI=1S/C13H22N4O2/c1-2-19-9-12-15-11(14)7-13(16-12)17-6-4-3-5-10(17)8-18/h7,10,18H,2-6,8-9H2,1H3,(H2,14,15,16). The SMILES string of the molecule is CCOCc1nc(N)cc(N2CCCCC2CO)n1. The van der Waals surface area contributed by atoms with Gasteiger partial charge in [0.05, 0.1) is 12.6 Å². The van der Waals surface area contributed by atoms with E-state index in [9.17, 15) is 5.11 Å². The molecule has 106 valence electrons. The molecule has 0 amide bonds. The van der Waals surface area contributed by atoms with E-state index in [4.69, 9.17) is 10.5 Å². The molecule has 0 saturated carbocycles. The molecule has 19 heavy (non-hydrogen) atoms. The number of anilines is 2. The van der Waals surface area contributed by atoms with E-state index in [2.05, 4.69) is 14.9 Å². The maximum Gasteiger partial charge on any atom is 0.158 e. The lowest BCUT2D eigenvalue weighted by atomic mass is 10.0. The molecular formula is C13H22N4O2. The first-order valence-electron chi connectivity index (χ1n) is 6.83. The number of hydrogen-bond acceptors (Lipinski definition) is 6. The highest BCUT2D eigenvalue weighted by Gasteiger charge is 2.23. The number of nitrogen functional groups attached to an aromatic ring is 1. The van der Waals surface area contributed by atoms with Crippen LogP contribution in [0, 0.1) is 0 Å². The van der Waals surface area contributed by atoms with E-state index in [1.165, 1.54) is 0 Å². The molecule has 0 spiro atoms. The molecule has 1 aliphatic heterocycles. The Morgan fingerprint density at radius 1 is 1.47 bits per heavy atom. The van der Waals surface area contributed by atoms with Crippen LogP contribution in [-0.2, 0) is 11.3 Å². The van der Waals surface area contributed by atoms with Crippen molar-refractivity contribution in [3.05, 3.63) is 11.9 Å². The Bertz CT molecular complexity index is 414. The van der Waals surface area contributed by atoms with E-state index >= 15 is 0 Å². The third kappa shape index (κ3) is 3.54. The molecule has 1 aromatic rings. The topological polar surface area (TPSA) is 84.5 Å². The minimum atomic E-state index is 0.128. The van der Waals surface area contributed by atoms with Gasteiger partial charge in [-0.1, -0.05) is 0 Å². The summed E-state index contributed by atoms with van der Waals surface area (Å²) in [7, 11) is 0. The normalized spacial score (nSPS) is 19.7. The fourth-order valence-corrected chi connectivity index (χ4v) is 2.40. The maximum absolute atomic E-state index is 9.46. The number of aliphatic hydroxyl groups is 1. The first-order chi connectivity index (χ1) is 9.24. The fourth-order valence-electron chi connectivity index (χ4n) is 2.40. The van der Waals surface area contributed by atoms with Gasteiger partial charge in [0.1, 0.15) is 18.2 Å². The van der Waals surface area contributed by atoms with Crippen molar-refractivity contribution in [2.24, 2.45) is 0 Å². The number of ether oxygens (including phenoxy) is 1. The zero-order valence-electron chi connectivity index (χ0n) is 11.4. The van der Waals surface area contributed by atoms with Crippen molar-refractivity contribution in [3.63, 3.8) is 0 Å². The minimum Gasteiger partial charge on any atom is -0.394 e. The molecule has 2 heterocycles. The summed E-state index contributed by atoms with van der Waals surface area (Å²) < 4.78 is 5.32. The molecule has 1 saturated heterocycles. The molecule has 0 aromatic carbocycles. The van der Waals surface area contributed by atoms with Crippen molar-refractivity contribution < 1.29 is 9.84 Å². The van der Waals surface area contributed by atoms with Gasteiger partial charge in [-0.25, -0.2) is 9.97 Å². The first kappa shape index (κ1) is 14.0. The van der Waals surface area contributed by atoms with Crippen molar-refractivity contribution in [1.82, 2.24) is 9.97 Å². The molecule has 0 radical (unpaired) electrons. The molecule has 3 N–H and O–H groups in total. The molecule has 1 unspecified atom stereocenters. The summed E-state index contributed by atoms with van der Waals surface area (Å²) >= 11 is 0. The smallest absolute Gasteiger partial charge is 0.158 e. The molecule has 6 nitrogen and oxygen atoms in total. The Hall–Kier alpha value is -1.40. The first-order valence-corrected chi connectivity index (χ1v) is 6.83. The van der Waals surface area contributed by atoms with E-state index in [0.29, 0.717) is 24.9 Å². The molecule has 2 rings (SSSR count). The lowest BCUT2D eigenvalue weighted by Gasteiger charge is -2.35. The highest BCUT2D eigenvalue weighted by atomic mass is 16.5. The number of aromatic nitrogens is 2. The van der Waals surface area contributed by atoms with Crippen LogP contribution in [-0.4, -0.2) is 40.9 Å². The molecule has 0 aliphatic carbocycles. The van der Waals surface area contributed by atoms with Crippen LogP contribution in [0.1, 0.15) is 32.0 Å². The van der Waals surface area contributed by atoms with E-state index in [-0.39, 0.29) is 12.6 Å². The van der Waals surface area contributed by atoms with Gasteiger partial charge in [-0.15, -0.1) is 0 Å². The van der Waals surface area contributed by atoms with Crippen molar-refractivity contribution in [3.8, 4) is 0 Å². The lowest BCUT2D eigenvalue weighted by molar-refractivity contribution is 0.128. The Morgan fingerprint density at radius 3 is 3.05 bits per heavy atom. The summed E-state index contributed by atoms with van der Waals surface area (Å²) in [6.45, 7) is 3.96. The van der Waals surface area contributed by atoms with Crippen molar-refractivity contribution in [2.75, 3.05) is 30.4 Å². The predicted octanol–water partition coefficient (Wildman–Crippen LogP) is 0.946. The van der Waals surface area contributed by atoms with E-state index in [1.54, 1.807) is 6.07 Å². The van der Waals surface area contributed by atoms with Crippen LogP contribution in [0.15, 0.2) is 6.07 Å². The fraction of sp³-hybridized carbons (Fsp3) is 0.692. The van der Waals surface area contributed by atoms with Crippen LogP contribution in [0.4, 0.5) is 11.6 Å². The molecule has 1 fully saturated rings. The van der Waals surface area contributed by atoms with Gasteiger partial charge in [-0.3, -0.25) is 0 Å². The quantitative estimate of drug-likeness (QED) is 0.825. The van der Waals surface area contributed by atoms with Crippen molar-refractivity contribution in [1.29, 1.82) is 0 Å². The highest BCUT2D eigenvalue weighted by molar-refractivity contribution is 5.48. The zero-order valence-corrected chi connectivity index (χ0v) is 11.4. The van der Waals surface area contributed by atoms with Gasteiger partial charge >= 0.3 is 0 Å². The Labute approximate surface area is 113 Å². The summed E-state index contributed by atoms with van der Waals surface area (Å²) in [5, 5.41) is 9.46. The lowest BCUT2D eigenvalue weighted by Crippen LogP contribution is -2.42. The number of rotatable bonds is 5. The molecule has 6 heteroatoms. The Kier molecular flexibility index (Phi) is 4.93. The van der Waals surface area contributed by atoms with Gasteiger partial charge in [-0.2, -0.15) is 0 Å². The Morgan fingerprint density at radius 2 is 2.32 bits per heavy atom. The van der Waals surface area contributed by atoms with Gasteiger partial charge in [-0.05, 0) is 26.2 Å². The third-order valence-electron chi connectivity index (χ3n) is 3.35. The number of piperidine rings is 1. The van der Waals surface area contributed by atoms with Crippen LogP contribution < -0.4 is 10.6 Å². The number of hydrogen-bond donors (Lipinski definition) is 2. The van der Waals surface area contributed by atoms with Crippen LogP contribution >= 0.6 is 0 Å². The average molecular weight is 266 g/mol. The van der Waals surface area contributed by atoms with E-state index in [1.807, 2.05) is 6.92 Å². The number of nitrogens with zero attached hydrogens (tertiary/aromatic N) is 3. The molecular weight excluding hydrogens is 244 g/mol. The van der Waals surface area contributed by atoms with Gasteiger partial charge in [0.25, 0.3) is 0 Å². The minimum absolute atomic E-state index is 0.128. The van der Waals surface area contributed by atoms with Gasteiger partial charge < -0.3 is 20.5 Å². The van der Waals surface area contributed by atoms with E-state index in [0.717, 1.165) is 31.6 Å². The van der Waals surface area contributed by atoms with Gasteiger partial charge in [0, 0.05) is 19.2 Å². The monoisotopic (exact) mass is 266 g/mol. The number of aliphatic hydroxyl groups excluding tert-OH is 1. The molecule has 0 bridgehead atoms. The van der Waals surface area contributed by atoms with Crippen LogP contribution in [0.5, 0.6) is 0 Å². The second-order valence-corrected chi connectivity index (χ2v) is 4.73.